The maximum Gasteiger partial charge on any atom is 0.347 e. The number of nitrogens with zero attached hydrogens (tertiary/aromatic N) is 4. The molecule has 6 N–H and O–H groups in total. The molecule has 3 rings (SSSR count). The van der Waals surface area contributed by atoms with E-state index in [1.165, 1.54) is 0 Å². The number of aliphatic carboxylic acids is 2. The number of ether oxygens (including phenoxy) is 2. The van der Waals surface area contributed by atoms with Crippen molar-refractivity contribution < 1.29 is 43.9 Å². The molecule has 1 fully saturated rings. The van der Waals surface area contributed by atoms with E-state index in [1.54, 1.807) is 0 Å². The van der Waals surface area contributed by atoms with Gasteiger partial charge in [0.05, 0.1) is 12.9 Å². The van der Waals surface area contributed by atoms with Gasteiger partial charge in [-0.25, -0.2) is 19.0 Å². The molecular formula is C17H21ClFN5O8. The molecule has 3 heterocycles. The van der Waals surface area contributed by atoms with Crippen molar-refractivity contribution >= 4 is 40.5 Å². The summed E-state index contributed by atoms with van der Waals surface area (Å²) in [7, 11) is 0. The number of imidazole rings is 1. The van der Waals surface area contributed by atoms with Gasteiger partial charge in [0.15, 0.2) is 23.9 Å². The zero-order valence-electron chi connectivity index (χ0n) is 16.5. The number of carboxylic acids is 2. The Morgan fingerprint density at radius 3 is 2.62 bits per heavy atom. The lowest BCUT2D eigenvalue weighted by Crippen LogP contribution is -2.51. The van der Waals surface area contributed by atoms with Crippen LogP contribution in [0.5, 0.6) is 0 Å². The number of nitrogens with two attached hydrogens (primary N) is 1. The van der Waals surface area contributed by atoms with Crippen LogP contribution >= 0.6 is 11.6 Å². The van der Waals surface area contributed by atoms with E-state index in [-0.39, 0.29) is 41.7 Å². The average molecular weight is 478 g/mol. The molecule has 2 aromatic heterocycles. The van der Waals surface area contributed by atoms with Crippen molar-refractivity contribution in [2.24, 2.45) is 0 Å². The molecule has 0 saturated carbocycles. The third-order valence-corrected chi connectivity index (χ3v) is 5.28. The van der Waals surface area contributed by atoms with Gasteiger partial charge in [0.1, 0.15) is 17.7 Å². The lowest BCUT2D eigenvalue weighted by Gasteiger charge is -2.27. The zero-order chi connectivity index (χ0) is 23.6. The summed E-state index contributed by atoms with van der Waals surface area (Å²) in [6.45, 7) is -0.998. The second-order valence-electron chi connectivity index (χ2n) is 7.13. The van der Waals surface area contributed by atoms with Crippen LogP contribution in [0.15, 0.2) is 6.33 Å². The lowest BCUT2D eigenvalue weighted by molar-refractivity contribution is -0.191. The van der Waals surface area contributed by atoms with E-state index in [9.17, 15) is 29.3 Å². The standard InChI is InChI=1S/C17H21ClFN5O8/c18-16-22-11(20)9-12(23-16)24(6-21-9)13-8(19)10(26)7(32-13)5-31-17(14(27)28,15(29)30)3-1-2-4-25/h6-8,10,13,25-26H,1-5H2,(H,27,28)(H,29,30)(H2,20,22,23)/t7-,8+,10-,13-/m1/s1. The predicted molar refractivity (Wildman–Crippen MR) is 104 cm³/mol. The molecule has 4 atom stereocenters. The molecule has 0 radical (unpaired) electrons. The van der Waals surface area contributed by atoms with Crippen LogP contribution in [0.4, 0.5) is 10.2 Å². The maximum absolute atomic E-state index is 14.9. The number of aliphatic hydroxyl groups is 2. The molecular weight excluding hydrogens is 457 g/mol. The van der Waals surface area contributed by atoms with Crippen molar-refractivity contribution in [3.63, 3.8) is 0 Å². The van der Waals surface area contributed by atoms with Gasteiger partial charge in [-0.1, -0.05) is 0 Å². The van der Waals surface area contributed by atoms with Crippen LogP contribution in [0.3, 0.4) is 0 Å². The summed E-state index contributed by atoms with van der Waals surface area (Å²) in [5.74, 6) is -3.60. The van der Waals surface area contributed by atoms with Crippen molar-refractivity contribution in [2.75, 3.05) is 18.9 Å². The summed E-state index contributed by atoms with van der Waals surface area (Å²) in [5.41, 5.74) is 3.23. The number of halogens is 2. The van der Waals surface area contributed by atoms with E-state index < -0.39 is 55.2 Å². The van der Waals surface area contributed by atoms with Crippen LogP contribution in [-0.4, -0.2) is 89.1 Å². The Balaban J connectivity index is 1.80. The molecule has 0 aliphatic carbocycles. The minimum atomic E-state index is -2.65. The summed E-state index contributed by atoms with van der Waals surface area (Å²) in [5, 5.41) is 37.8. The minimum Gasteiger partial charge on any atom is -0.479 e. The number of alkyl halides is 1. The highest BCUT2D eigenvalue weighted by Gasteiger charge is 2.51. The van der Waals surface area contributed by atoms with Crippen LogP contribution in [0.1, 0.15) is 25.5 Å². The Hall–Kier alpha value is -2.65. The highest BCUT2D eigenvalue weighted by molar-refractivity contribution is 6.28. The maximum atomic E-state index is 14.9. The normalized spacial score (nSPS) is 23.6. The number of rotatable bonds is 10. The molecule has 15 heteroatoms. The molecule has 1 saturated heterocycles. The molecule has 0 bridgehead atoms. The van der Waals surface area contributed by atoms with Crippen molar-refractivity contribution in [1.82, 2.24) is 19.5 Å². The Bertz CT molecular complexity index is 993. The average Bonchev–Trinajstić information content (AvgIpc) is 3.26. The second-order valence-corrected chi connectivity index (χ2v) is 7.47. The van der Waals surface area contributed by atoms with E-state index >= 15 is 0 Å². The van der Waals surface area contributed by atoms with Crippen LogP contribution in [0, 0.1) is 0 Å². The number of anilines is 1. The number of aromatic nitrogens is 4. The van der Waals surface area contributed by atoms with Crippen LogP contribution in [0.25, 0.3) is 11.2 Å². The number of fused-ring (bicyclic) bond motifs is 1. The minimum absolute atomic E-state index is 0.0401. The third-order valence-electron chi connectivity index (χ3n) is 5.11. The monoisotopic (exact) mass is 477 g/mol. The zero-order valence-corrected chi connectivity index (χ0v) is 17.2. The fourth-order valence-corrected chi connectivity index (χ4v) is 3.54. The van der Waals surface area contributed by atoms with Crippen LogP contribution in [0.2, 0.25) is 5.28 Å². The number of nitrogen functional groups attached to an aromatic ring is 1. The summed E-state index contributed by atoms with van der Waals surface area (Å²) in [4.78, 5) is 35.0. The number of hydrogen-bond acceptors (Lipinski definition) is 10. The van der Waals surface area contributed by atoms with Crippen LogP contribution < -0.4 is 5.73 Å². The Kier molecular flexibility index (Phi) is 7.09. The molecule has 32 heavy (non-hydrogen) atoms. The number of unbranched alkanes of at least 4 members (excludes halogenated alkanes) is 1. The number of carboxylic acid groups (broad SMARTS) is 2. The van der Waals surface area contributed by atoms with Crippen molar-refractivity contribution in [1.29, 1.82) is 0 Å². The molecule has 0 amide bonds. The van der Waals surface area contributed by atoms with E-state index in [0.717, 1.165) is 10.9 Å². The second kappa shape index (κ2) is 9.46. The topological polar surface area (TPSA) is 203 Å². The Morgan fingerprint density at radius 1 is 1.31 bits per heavy atom. The van der Waals surface area contributed by atoms with E-state index in [2.05, 4.69) is 15.0 Å². The number of aliphatic hydroxyl groups excluding tert-OH is 2. The summed E-state index contributed by atoms with van der Waals surface area (Å²) in [6.07, 6.45) is -5.74. The first-order chi connectivity index (χ1) is 15.1. The van der Waals surface area contributed by atoms with Crippen molar-refractivity contribution in [3.8, 4) is 0 Å². The molecule has 0 unspecified atom stereocenters. The molecule has 2 aromatic rings. The van der Waals surface area contributed by atoms with Gasteiger partial charge < -0.3 is 35.6 Å². The summed E-state index contributed by atoms with van der Waals surface area (Å²) in [6, 6.07) is 0. The van der Waals surface area contributed by atoms with Gasteiger partial charge in [-0.05, 0) is 30.9 Å². The fraction of sp³-hybridized carbons (Fsp3) is 0.588. The predicted octanol–water partition coefficient (Wildman–Crippen LogP) is -0.254. The van der Waals surface area contributed by atoms with E-state index in [1.807, 2.05) is 0 Å². The summed E-state index contributed by atoms with van der Waals surface area (Å²) < 4.78 is 26.7. The quantitative estimate of drug-likeness (QED) is 0.171. The highest BCUT2D eigenvalue weighted by Crippen LogP contribution is 2.35. The lowest BCUT2D eigenvalue weighted by atomic mass is 9.96. The van der Waals surface area contributed by atoms with Crippen LogP contribution in [-0.2, 0) is 19.1 Å². The molecule has 0 spiro atoms. The smallest absolute Gasteiger partial charge is 0.347 e. The van der Waals surface area contributed by atoms with E-state index in [4.69, 9.17) is 31.9 Å². The Morgan fingerprint density at radius 2 is 2.00 bits per heavy atom. The van der Waals surface area contributed by atoms with Gasteiger partial charge >= 0.3 is 11.9 Å². The van der Waals surface area contributed by atoms with Gasteiger partial charge in [0, 0.05) is 6.61 Å². The molecule has 13 nitrogen and oxygen atoms in total. The fourth-order valence-electron chi connectivity index (χ4n) is 3.37. The van der Waals surface area contributed by atoms with Gasteiger partial charge in [-0.3, -0.25) is 4.57 Å². The van der Waals surface area contributed by atoms with Gasteiger partial charge in [-0.15, -0.1) is 0 Å². The van der Waals surface area contributed by atoms with Gasteiger partial charge in [0.25, 0.3) is 5.60 Å². The number of carbonyl (C=O) groups is 2. The molecule has 1 aliphatic rings. The molecule has 1 aliphatic heterocycles. The van der Waals surface area contributed by atoms with Crippen molar-refractivity contribution in [2.45, 2.75) is 49.5 Å². The van der Waals surface area contributed by atoms with Crippen molar-refractivity contribution in [3.05, 3.63) is 11.6 Å². The first-order valence-electron chi connectivity index (χ1n) is 9.47. The first-order valence-corrected chi connectivity index (χ1v) is 9.85. The van der Waals surface area contributed by atoms with Gasteiger partial charge in [0.2, 0.25) is 5.28 Å². The molecule has 176 valence electrons. The Labute approximate surface area is 184 Å². The van der Waals surface area contributed by atoms with Gasteiger partial charge in [-0.2, -0.15) is 9.97 Å². The first kappa shape index (κ1) is 24.0. The molecule has 0 aromatic carbocycles. The summed E-state index contributed by atoms with van der Waals surface area (Å²) >= 11 is 5.79. The third kappa shape index (κ3) is 4.31. The number of hydrogen-bond donors (Lipinski definition) is 5. The SMILES string of the molecule is Nc1nc(Cl)nc2c1ncn2[C@@H]1O[C@H](COC(CCCCO)(C(=O)O)C(=O)O)[C@@H](O)[C@@H]1F. The largest absolute Gasteiger partial charge is 0.479 e. The highest BCUT2D eigenvalue weighted by atomic mass is 35.5. The van der Waals surface area contributed by atoms with E-state index in [0.29, 0.717) is 0 Å².